The van der Waals surface area contributed by atoms with Crippen molar-refractivity contribution in [3.63, 3.8) is 0 Å². The molecule has 1 aliphatic carbocycles. The summed E-state index contributed by atoms with van der Waals surface area (Å²) in [6.07, 6.45) is 4.52. The highest BCUT2D eigenvalue weighted by atomic mass is 16.5. The van der Waals surface area contributed by atoms with Crippen LogP contribution in [0.5, 0.6) is 0 Å². The van der Waals surface area contributed by atoms with Crippen molar-refractivity contribution in [1.29, 1.82) is 0 Å². The highest BCUT2D eigenvalue weighted by molar-refractivity contribution is 5.79. The minimum Gasteiger partial charge on any atom is -0.461 e. The van der Waals surface area contributed by atoms with Gasteiger partial charge in [0.05, 0.1) is 0 Å². The van der Waals surface area contributed by atoms with Gasteiger partial charge in [-0.1, -0.05) is 50.6 Å². The van der Waals surface area contributed by atoms with E-state index in [9.17, 15) is 9.59 Å². The van der Waals surface area contributed by atoms with E-state index in [4.69, 9.17) is 4.74 Å². The molecule has 3 heteroatoms. The number of hydrogen-bond acceptors (Lipinski definition) is 3. The van der Waals surface area contributed by atoms with Crippen molar-refractivity contribution >= 4 is 11.8 Å². The molecule has 0 radical (unpaired) electrons. The predicted octanol–water partition coefficient (Wildman–Crippen LogP) is 4.30. The molecule has 1 aliphatic rings. The van der Waals surface area contributed by atoms with Gasteiger partial charge in [0.15, 0.2) is 0 Å². The Bertz CT molecular complexity index is 497. The minimum atomic E-state index is -0.131. The first-order chi connectivity index (χ1) is 10.5. The van der Waals surface area contributed by atoms with E-state index in [1.807, 2.05) is 30.3 Å². The lowest BCUT2D eigenvalue weighted by Gasteiger charge is -2.39. The lowest BCUT2D eigenvalue weighted by atomic mass is 9.65. The Balaban J connectivity index is 1.86. The SMILES string of the molecule is CCC(CC(=O)OCc1ccccc1)C1(C)CCC(=O)CC1. The highest BCUT2D eigenvalue weighted by Gasteiger charge is 2.37. The standard InChI is InChI=1S/C19H26O3/c1-3-16(19(2)11-9-17(20)10-12-19)13-18(21)22-14-15-7-5-4-6-8-15/h4-8,16H,3,9-14H2,1-2H3. The lowest BCUT2D eigenvalue weighted by molar-refractivity contribution is -0.147. The van der Waals surface area contributed by atoms with E-state index in [2.05, 4.69) is 13.8 Å². The van der Waals surface area contributed by atoms with Crippen molar-refractivity contribution in [1.82, 2.24) is 0 Å². The summed E-state index contributed by atoms with van der Waals surface area (Å²) in [5, 5.41) is 0. The molecule has 1 atom stereocenters. The Labute approximate surface area is 133 Å². The van der Waals surface area contributed by atoms with Crippen LogP contribution < -0.4 is 0 Å². The molecule has 1 saturated carbocycles. The van der Waals surface area contributed by atoms with Crippen molar-refractivity contribution in [2.45, 2.75) is 59.0 Å². The van der Waals surface area contributed by atoms with Gasteiger partial charge in [-0.25, -0.2) is 0 Å². The Morgan fingerprint density at radius 3 is 2.45 bits per heavy atom. The van der Waals surface area contributed by atoms with E-state index < -0.39 is 0 Å². The monoisotopic (exact) mass is 302 g/mol. The second-order valence-electron chi connectivity index (χ2n) is 6.65. The molecule has 1 fully saturated rings. The topological polar surface area (TPSA) is 43.4 Å². The average Bonchev–Trinajstić information content (AvgIpc) is 2.54. The molecule has 120 valence electrons. The third kappa shape index (κ3) is 4.43. The summed E-state index contributed by atoms with van der Waals surface area (Å²) in [4.78, 5) is 23.6. The molecule has 0 amide bonds. The first kappa shape index (κ1) is 16.7. The summed E-state index contributed by atoms with van der Waals surface area (Å²) in [6.45, 7) is 4.68. The number of hydrogen-bond donors (Lipinski definition) is 0. The highest BCUT2D eigenvalue weighted by Crippen LogP contribution is 2.44. The number of carbonyl (C=O) groups is 2. The van der Waals surface area contributed by atoms with Gasteiger partial charge < -0.3 is 4.74 Å². The molecule has 2 rings (SSSR count). The molecule has 1 aromatic rings. The Hall–Kier alpha value is -1.64. The van der Waals surface area contributed by atoms with Crippen LogP contribution in [0.15, 0.2) is 30.3 Å². The number of benzene rings is 1. The molecule has 0 spiro atoms. The summed E-state index contributed by atoms with van der Waals surface area (Å²) in [5.74, 6) is 0.525. The number of esters is 1. The summed E-state index contributed by atoms with van der Waals surface area (Å²) in [6, 6.07) is 9.75. The second-order valence-corrected chi connectivity index (χ2v) is 6.65. The zero-order chi connectivity index (χ0) is 16.0. The molecular weight excluding hydrogens is 276 g/mol. The fourth-order valence-electron chi connectivity index (χ4n) is 3.39. The molecule has 1 aromatic carbocycles. The van der Waals surface area contributed by atoms with Crippen LogP contribution in [0, 0.1) is 11.3 Å². The third-order valence-electron chi connectivity index (χ3n) is 5.08. The first-order valence-corrected chi connectivity index (χ1v) is 8.25. The minimum absolute atomic E-state index is 0.0917. The van der Waals surface area contributed by atoms with Crippen molar-refractivity contribution in [3.05, 3.63) is 35.9 Å². The normalized spacial score (nSPS) is 18.7. The van der Waals surface area contributed by atoms with Crippen molar-refractivity contribution in [3.8, 4) is 0 Å². The second kappa shape index (κ2) is 7.57. The van der Waals surface area contributed by atoms with Gasteiger partial charge in [-0.2, -0.15) is 0 Å². The fraction of sp³-hybridized carbons (Fsp3) is 0.579. The van der Waals surface area contributed by atoms with E-state index >= 15 is 0 Å². The van der Waals surface area contributed by atoms with E-state index in [-0.39, 0.29) is 11.4 Å². The van der Waals surface area contributed by atoms with Crippen LogP contribution >= 0.6 is 0 Å². The summed E-state index contributed by atoms with van der Waals surface area (Å²) < 4.78 is 5.41. The zero-order valence-electron chi connectivity index (χ0n) is 13.6. The smallest absolute Gasteiger partial charge is 0.306 e. The molecule has 1 unspecified atom stereocenters. The van der Waals surface area contributed by atoms with Crippen LogP contribution in [-0.4, -0.2) is 11.8 Å². The molecule has 0 aliphatic heterocycles. The number of Topliss-reactive ketones (excluding diaryl/α,β-unsaturated/α-hetero) is 1. The Kier molecular flexibility index (Phi) is 5.76. The van der Waals surface area contributed by atoms with Gasteiger partial charge in [-0.15, -0.1) is 0 Å². The van der Waals surface area contributed by atoms with E-state index in [1.165, 1.54) is 0 Å². The molecule has 0 aromatic heterocycles. The molecule has 0 saturated heterocycles. The summed E-state index contributed by atoms with van der Waals surface area (Å²) in [7, 11) is 0. The number of rotatable bonds is 6. The number of ketones is 1. The van der Waals surface area contributed by atoms with Crippen molar-refractivity contribution in [2.24, 2.45) is 11.3 Å². The zero-order valence-corrected chi connectivity index (χ0v) is 13.6. The maximum absolute atomic E-state index is 12.1. The molecule has 3 nitrogen and oxygen atoms in total. The van der Waals surface area contributed by atoms with Gasteiger partial charge in [-0.05, 0) is 29.7 Å². The summed E-state index contributed by atoms with van der Waals surface area (Å²) >= 11 is 0. The number of ether oxygens (including phenoxy) is 1. The Morgan fingerprint density at radius 1 is 1.23 bits per heavy atom. The summed E-state index contributed by atoms with van der Waals surface area (Å²) in [5.41, 5.74) is 1.10. The average molecular weight is 302 g/mol. The van der Waals surface area contributed by atoms with Gasteiger partial charge in [0.25, 0.3) is 0 Å². The van der Waals surface area contributed by atoms with Crippen LogP contribution in [-0.2, 0) is 20.9 Å². The predicted molar refractivity (Wildman–Crippen MR) is 86.2 cm³/mol. The van der Waals surface area contributed by atoms with Gasteiger partial charge in [-0.3, -0.25) is 9.59 Å². The largest absolute Gasteiger partial charge is 0.461 e. The van der Waals surface area contributed by atoms with Crippen LogP contribution in [0.25, 0.3) is 0 Å². The maximum Gasteiger partial charge on any atom is 0.306 e. The van der Waals surface area contributed by atoms with E-state index in [0.29, 0.717) is 37.6 Å². The van der Waals surface area contributed by atoms with E-state index in [1.54, 1.807) is 0 Å². The first-order valence-electron chi connectivity index (χ1n) is 8.25. The van der Waals surface area contributed by atoms with Gasteiger partial charge >= 0.3 is 5.97 Å². The van der Waals surface area contributed by atoms with Gasteiger partial charge in [0.2, 0.25) is 0 Å². The molecule has 0 heterocycles. The maximum atomic E-state index is 12.1. The molecule has 0 N–H and O–H groups in total. The molecule has 0 bridgehead atoms. The fourth-order valence-corrected chi connectivity index (χ4v) is 3.39. The number of carbonyl (C=O) groups excluding carboxylic acids is 2. The van der Waals surface area contributed by atoms with Crippen LogP contribution in [0.2, 0.25) is 0 Å². The third-order valence-corrected chi connectivity index (χ3v) is 5.08. The quantitative estimate of drug-likeness (QED) is 0.736. The Morgan fingerprint density at radius 2 is 1.86 bits per heavy atom. The van der Waals surface area contributed by atoms with Crippen LogP contribution in [0.1, 0.15) is 57.9 Å². The molecule has 22 heavy (non-hydrogen) atoms. The van der Waals surface area contributed by atoms with Crippen molar-refractivity contribution < 1.29 is 14.3 Å². The van der Waals surface area contributed by atoms with Gasteiger partial charge in [0.1, 0.15) is 12.4 Å². The van der Waals surface area contributed by atoms with Crippen LogP contribution in [0.4, 0.5) is 0 Å². The lowest BCUT2D eigenvalue weighted by Crippen LogP contribution is -2.33. The van der Waals surface area contributed by atoms with Gasteiger partial charge in [0, 0.05) is 19.3 Å². The van der Waals surface area contributed by atoms with Crippen molar-refractivity contribution in [2.75, 3.05) is 0 Å². The molecular formula is C19H26O3. The van der Waals surface area contributed by atoms with E-state index in [0.717, 1.165) is 24.8 Å². The van der Waals surface area contributed by atoms with Crippen LogP contribution in [0.3, 0.4) is 0 Å².